The highest BCUT2D eigenvalue weighted by molar-refractivity contribution is 5.16. The van der Waals surface area contributed by atoms with Gasteiger partial charge in [-0.1, -0.05) is 36.8 Å². The van der Waals surface area contributed by atoms with Gasteiger partial charge in [0.2, 0.25) is 0 Å². The normalized spacial score (nSPS) is 17.7. The van der Waals surface area contributed by atoms with Gasteiger partial charge in [0.15, 0.2) is 11.6 Å². The topological polar surface area (TPSA) is 85.2 Å². The van der Waals surface area contributed by atoms with Crippen molar-refractivity contribution in [1.82, 2.24) is 35.4 Å². The van der Waals surface area contributed by atoms with Gasteiger partial charge in [-0.15, -0.1) is 5.10 Å². The lowest BCUT2D eigenvalue weighted by Gasteiger charge is -2.07. The van der Waals surface area contributed by atoms with Crippen molar-refractivity contribution in [2.75, 3.05) is 0 Å². The van der Waals surface area contributed by atoms with Crippen LogP contribution in [0.25, 0.3) is 0 Å². The molecular weight excluding hydrogens is 290 g/mol. The van der Waals surface area contributed by atoms with E-state index < -0.39 is 0 Å². The minimum Gasteiger partial charge on any atom is -0.263 e. The number of aromatic nitrogens is 7. The molecule has 0 fully saturated rings. The number of nitrogens with one attached hydrogen (secondary N) is 1. The van der Waals surface area contributed by atoms with E-state index in [2.05, 4.69) is 50.0 Å². The lowest BCUT2D eigenvalue weighted by atomic mass is 10.0. The monoisotopic (exact) mass is 309 g/mol. The molecule has 1 unspecified atom stereocenters. The fourth-order valence-electron chi connectivity index (χ4n) is 3.09. The van der Waals surface area contributed by atoms with Crippen LogP contribution >= 0.6 is 0 Å². The molecule has 23 heavy (non-hydrogen) atoms. The van der Waals surface area contributed by atoms with E-state index in [-0.39, 0.29) is 5.92 Å². The van der Waals surface area contributed by atoms with Crippen LogP contribution in [0.15, 0.2) is 30.3 Å². The SMILES string of the molecule is c1ccc(CCc2nc(C3CCCCn4nnnc43)n[nH]2)cc1. The van der Waals surface area contributed by atoms with Gasteiger partial charge in [-0.05, 0) is 35.3 Å². The van der Waals surface area contributed by atoms with Crippen molar-refractivity contribution in [2.24, 2.45) is 0 Å². The molecule has 3 aromatic rings. The number of fused-ring (bicyclic) bond motifs is 1. The van der Waals surface area contributed by atoms with Crippen molar-refractivity contribution in [3.05, 3.63) is 53.4 Å². The first-order valence-electron chi connectivity index (χ1n) is 8.11. The third-order valence-corrected chi connectivity index (χ3v) is 4.34. The summed E-state index contributed by atoms with van der Waals surface area (Å²) < 4.78 is 1.89. The minimum absolute atomic E-state index is 0.0919. The van der Waals surface area contributed by atoms with E-state index in [1.807, 2.05) is 10.7 Å². The van der Waals surface area contributed by atoms with Crippen molar-refractivity contribution in [2.45, 2.75) is 44.6 Å². The van der Waals surface area contributed by atoms with E-state index in [4.69, 9.17) is 4.98 Å². The zero-order valence-electron chi connectivity index (χ0n) is 12.9. The first-order valence-corrected chi connectivity index (χ1v) is 8.11. The maximum absolute atomic E-state index is 4.69. The smallest absolute Gasteiger partial charge is 0.161 e. The second kappa shape index (κ2) is 6.28. The third-order valence-electron chi connectivity index (χ3n) is 4.34. The molecule has 1 N–H and O–H groups in total. The van der Waals surface area contributed by atoms with Crippen molar-refractivity contribution in [3.8, 4) is 0 Å². The fraction of sp³-hybridized carbons (Fsp3) is 0.438. The summed E-state index contributed by atoms with van der Waals surface area (Å²) in [5.41, 5.74) is 1.31. The first kappa shape index (κ1) is 14.0. The van der Waals surface area contributed by atoms with Gasteiger partial charge in [0.1, 0.15) is 5.82 Å². The molecule has 0 aliphatic carbocycles. The second-order valence-corrected chi connectivity index (χ2v) is 5.93. The molecule has 1 aliphatic heterocycles. The minimum atomic E-state index is 0.0919. The van der Waals surface area contributed by atoms with Crippen LogP contribution < -0.4 is 0 Å². The molecule has 1 atom stereocenters. The Hall–Kier alpha value is -2.57. The second-order valence-electron chi connectivity index (χ2n) is 5.93. The summed E-state index contributed by atoms with van der Waals surface area (Å²) in [6.07, 6.45) is 5.03. The highest BCUT2D eigenvalue weighted by Crippen LogP contribution is 2.28. The Balaban J connectivity index is 1.50. The van der Waals surface area contributed by atoms with Gasteiger partial charge in [-0.2, -0.15) is 5.10 Å². The molecule has 0 spiro atoms. The lowest BCUT2D eigenvalue weighted by molar-refractivity contribution is 0.556. The summed E-state index contributed by atoms with van der Waals surface area (Å²) in [7, 11) is 0. The number of hydrogen-bond acceptors (Lipinski definition) is 5. The van der Waals surface area contributed by atoms with Gasteiger partial charge in [0.05, 0.1) is 5.92 Å². The van der Waals surface area contributed by atoms with Crippen LogP contribution in [0.2, 0.25) is 0 Å². The highest BCUT2D eigenvalue weighted by atomic mass is 15.5. The Bertz CT molecular complexity index is 762. The molecule has 1 aromatic carbocycles. The van der Waals surface area contributed by atoms with Gasteiger partial charge < -0.3 is 0 Å². The zero-order valence-corrected chi connectivity index (χ0v) is 12.9. The van der Waals surface area contributed by atoms with Crippen LogP contribution in [0, 0.1) is 0 Å². The number of benzene rings is 1. The van der Waals surface area contributed by atoms with Gasteiger partial charge in [0.25, 0.3) is 0 Å². The van der Waals surface area contributed by atoms with Crippen molar-refractivity contribution in [1.29, 1.82) is 0 Å². The Morgan fingerprint density at radius 1 is 1.13 bits per heavy atom. The Morgan fingerprint density at radius 2 is 2.04 bits per heavy atom. The molecule has 0 saturated carbocycles. The molecule has 7 nitrogen and oxygen atoms in total. The largest absolute Gasteiger partial charge is 0.263 e. The van der Waals surface area contributed by atoms with E-state index in [1.165, 1.54) is 5.56 Å². The lowest BCUT2D eigenvalue weighted by Crippen LogP contribution is -2.10. The number of aryl methyl sites for hydroxylation is 3. The number of aromatic amines is 1. The average molecular weight is 309 g/mol. The summed E-state index contributed by atoms with van der Waals surface area (Å²) >= 11 is 0. The molecule has 7 heteroatoms. The maximum atomic E-state index is 4.69. The average Bonchev–Trinajstić information content (AvgIpc) is 3.20. The highest BCUT2D eigenvalue weighted by Gasteiger charge is 2.26. The summed E-state index contributed by atoms with van der Waals surface area (Å²) in [5, 5.41) is 19.6. The van der Waals surface area contributed by atoms with Gasteiger partial charge in [-0.3, -0.25) is 5.10 Å². The van der Waals surface area contributed by atoms with E-state index in [1.54, 1.807) is 0 Å². The van der Waals surface area contributed by atoms with Gasteiger partial charge >= 0.3 is 0 Å². The molecule has 0 amide bonds. The van der Waals surface area contributed by atoms with Crippen LogP contribution in [-0.4, -0.2) is 35.4 Å². The Labute approximate surface area is 134 Å². The van der Waals surface area contributed by atoms with Crippen molar-refractivity contribution < 1.29 is 0 Å². The quantitative estimate of drug-likeness (QED) is 0.795. The van der Waals surface area contributed by atoms with Crippen LogP contribution in [0.3, 0.4) is 0 Å². The molecular formula is C16H19N7. The Morgan fingerprint density at radius 3 is 2.96 bits per heavy atom. The molecule has 2 aromatic heterocycles. The molecule has 3 heterocycles. The number of hydrogen-bond donors (Lipinski definition) is 1. The molecule has 1 aliphatic rings. The van der Waals surface area contributed by atoms with Crippen molar-refractivity contribution >= 4 is 0 Å². The van der Waals surface area contributed by atoms with E-state index in [0.29, 0.717) is 0 Å². The van der Waals surface area contributed by atoms with Gasteiger partial charge in [-0.25, -0.2) is 9.67 Å². The van der Waals surface area contributed by atoms with E-state index in [0.717, 1.165) is 56.1 Å². The van der Waals surface area contributed by atoms with E-state index in [9.17, 15) is 0 Å². The summed E-state index contributed by atoms with van der Waals surface area (Å²) in [4.78, 5) is 4.69. The molecule has 118 valence electrons. The molecule has 4 rings (SSSR count). The molecule has 0 bridgehead atoms. The van der Waals surface area contributed by atoms with E-state index >= 15 is 0 Å². The predicted octanol–water partition coefficient (Wildman–Crippen LogP) is 1.89. The van der Waals surface area contributed by atoms with Crippen LogP contribution in [-0.2, 0) is 19.4 Å². The number of H-pyrrole nitrogens is 1. The fourth-order valence-corrected chi connectivity index (χ4v) is 3.09. The van der Waals surface area contributed by atoms with Gasteiger partial charge in [0, 0.05) is 13.0 Å². The number of nitrogens with zero attached hydrogens (tertiary/aromatic N) is 6. The number of tetrazole rings is 1. The maximum Gasteiger partial charge on any atom is 0.161 e. The number of rotatable bonds is 4. The summed E-state index contributed by atoms with van der Waals surface area (Å²) in [6.45, 7) is 0.879. The zero-order chi connectivity index (χ0) is 15.5. The third kappa shape index (κ3) is 2.99. The predicted molar refractivity (Wildman–Crippen MR) is 83.7 cm³/mol. The summed E-state index contributed by atoms with van der Waals surface area (Å²) in [6, 6.07) is 10.4. The van der Waals surface area contributed by atoms with Crippen LogP contribution in [0.1, 0.15) is 48.2 Å². The molecule has 0 saturated heterocycles. The van der Waals surface area contributed by atoms with Crippen molar-refractivity contribution in [3.63, 3.8) is 0 Å². The van der Waals surface area contributed by atoms with Crippen LogP contribution in [0.5, 0.6) is 0 Å². The Kier molecular flexibility index (Phi) is 3.83. The first-order chi connectivity index (χ1) is 11.4. The summed E-state index contributed by atoms with van der Waals surface area (Å²) in [5.74, 6) is 2.71. The molecule has 0 radical (unpaired) electrons. The standard InChI is InChI=1S/C16H19N7/c1-2-6-12(7-3-1)9-10-14-17-15(19-18-14)13-8-4-5-11-23-16(13)20-21-22-23/h1-3,6-7,13H,4-5,8-11H2,(H,17,18,19). The van der Waals surface area contributed by atoms with Crippen LogP contribution in [0.4, 0.5) is 0 Å².